The second kappa shape index (κ2) is 13.4. The van der Waals surface area contributed by atoms with Gasteiger partial charge in [-0.15, -0.1) is 0 Å². The van der Waals surface area contributed by atoms with Crippen LogP contribution < -0.4 is 0 Å². The minimum absolute atomic E-state index is 0.853. The molecule has 10 aromatic carbocycles. The van der Waals surface area contributed by atoms with E-state index in [1.807, 2.05) is 12.1 Å². The van der Waals surface area contributed by atoms with Gasteiger partial charge in [0.05, 0.1) is 39.1 Å². The zero-order valence-electron chi connectivity index (χ0n) is 32.0. The highest BCUT2D eigenvalue weighted by atomic mass is 15.0. The van der Waals surface area contributed by atoms with Crippen molar-refractivity contribution in [2.45, 2.75) is 0 Å². The molecule has 0 saturated heterocycles. The highest BCUT2D eigenvalue weighted by Crippen LogP contribution is 2.44. The molecule has 12 aromatic rings. The Hall–Kier alpha value is -7.88. The van der Waals surface area contributed by atoms with Crippen LogP contribution >= 0.6 is 0 Å². The standard InChI is InChI=1S/C56H35N3/c1-3-15-36(16-4-1)40-33-41(37-17-5-2-6-18-37)35-42(34-40)55-56(58-49-26-14-13-25-48(49)57-55)47-29-32-50(46-24-12-11-23-45(46)47)59-51-30-27-38-19-7-9-21-43(38)53(51)54-44-22-10-8-20-39(44)28-31-52(54)59/h1-35H. The van der Waals surface area contributed by atoms with Gasteiger partial charge < -0.3 is 4.57 Å². The summed E-state index contributed by atoms with van der Waals surface area (Å²) in [5.41, 5.74) is 13.6. The van der Waals surface area contributed by atoms with Gasteiger partial charge in [-0.2, -0.15) is 0 Å². The van der Waals surface area contributed by atoms with Crippen LogP contribution in [0.25, 0.3) is 116 Å². The lowest BCUT2D eigenvalue weighted by atomic mass is 9.92. The van der Waals surface area contributed by atoms with Gasteiger partial charge in [0.15, 0.2) is 0 Å². The molecule has 59 heavy (non-hydrogen) atoms. The van der Waals surface area contributed by atoms with Gasteiger partial charge in [-0.3, -0.25) is 0 Å². The second-order valence-electron chi connectivity index (χ2n) is 15.3. The topological polar surface area (TPSA) is 30.7 Å². The highest BCUT2D eigenvalue weighted by molar-refractivity contribution is 6.29. The van der Waals surface area contributed by atoms with Crippen LogP contribution in [0.3, 0.4) is 0 Å². The first-order valence-corrected chi connectivity index (χ1v) is 20.2. The molecule has 12 rings (SSSR count). The largest absolute Gasteiger partial charge is 0.309 e. The Morgan fingerprint density at radius 2 is 0.763 bits per heavy atom. The predicted octanol–water partition coefficient (Wildman–Crippen LogP) is 14.9. The van der Waals surface area contributed by atoms with Gasteiger partial charge in [0.25, 0.3) is 0 Å². The molecule has 0 radical (unpaired) electrons. The fourth-order valence-corrected chi connectivity index (χ4v) is 9.24. The van der Waals surface area contributed by atoms with Gasteiger partial charge in [0.1, 0.15) is 0 Å². The Kier molecular flexibility index (Phi) is 7.54. The van der Waals surface area contributed by atoms with E-state index in [2.05, 4.69) is 205 Å². The summed E-state index contributed by atoms with van der Waals surface area (Å²) in [5.74, 6) is 0. The maximum Gasteiger partial charge on any atom is 0.0979 e. The molecule has 0 unspecified atom stereocenters. The average molecular weight is 750 g/mol. The SMILES string of the molecule is c1ccc(-c2cc(-c3ccccc3)cc(-c3nc4ccccc4nc3-c3ccc(-n4c5ccc6ccccc6c5c5c6ccccc6ccc54)c4ccccc34)c2)cc1. The molecule has 274 valence electrons. The molecule has 0 bridgehead atoms. The van der Waals surface area contributed by atoms with Crippen LogP contribution in [-0.2, 0) is 0 Å². The first kappa shape index (κ1) is 33.3. The van der Waals surface area contributed by atoms with Crippen molar-refractivity contribution in [1.29, 1.82) is 0 Å². The lowest BCUT2D eigenvalue weighted by Gasteiger charge is -2.17. The average Bonchev–Trinajstić information content (AvgIpc) is 3.66. The molecule has 0 N–H and O–H groups in total. The van der Waals surface area contributed by atoms with Crippen LogP contribution in [-0.4, -0.2) is 14.5 Å². The quantitative estimate of drug-likeness (QED) is 0.175. The minimum Gasteiger partial charge on any atom is -0.309 e. The lowest BCUT2D eigenvalue weighted by Crippen LogP contribution is -1.99. The first-order valence-electron chi connectivity index (χ1n) is 20.2. The Bertz CT molecular complexity index is 3450. The monoisotopic (exact) mass is 749 g/mol. The van der Waals surface area contributed by atoms with Crippen LogP contribution in [0.1, 0.15) is 0 Å². The minimum atomic E-state index is 0.853. The number of rotatable bonds is 5. The van der Waals surface area contributed by atoms with Crippen molar-refractivity contribution in [3.8, 4) is 50.5 Å². The van der Waals surface area contributed by atoms with Gasteiger partial charge in [-0.1, -0.05) is 158 Å². The third kappa shape index (κ3) is 5.36. The van der Waals surface area contributed by atoms with Gasteiger partial charge in [-0.05, 0) is 104 Å². The number of hydrogen-bond acceptors (Lipinski definition) is 2. The second-order valence-corrected chi connectivity index (χ2v) is 15.3. The Morgan fingerprint density at radius 1 is 0.305 bits per heavy atom. The predicted molar refractivity (Wildman–Crippen MR) is 248 cm³/mol. The summed E-state index contributed by atoms with van der Waals surface area (Å²) >= 11 is 0. The zero-order valence-corrected chi connectivity index (χ0v) is 32.0. The number of fused-ring (bicyclic) bond motifs is 9. The summed E-state index contributed by atoms with van der Waals surface area (Å²) in [7, 11) is 0. The van der Waals surface area contributed by atoms with Crippen LogP contribution in [0.5, 0.6) is 0 Å². The van der Waals surface area contributed by atoms with Gasteiger partial charge in [0, 0.05) is 27.3 Å². The third-order valence-electron chi connectivity index (χ3n) is 11.9. The molecular formula is C56H35N3. The molecule has 2 heterocycles. The summed E-state index contributed by atoms with van der Waals surface area (Å²) in [6.07, 6.45) is 0. The normalized spacial score (nSPS) is 11.7. The fraction of sp³-hybridized carbons (Fsp3) is 0. The number of aromatic nitrogens is 3. The molecule has 0 saturated carbocycles. The van der Waals surface area contributed by atoms with Crippen molar-refractivity contribution in [2.75, 3.05) is 0 Å². The van der Waals surface area contributed by atoms with E-state index in [9.17, 15) is 0 Å². The molecule has 0 spiro atoms. The third-order valence-corrected chi connectivity index (χ3v) is 11.9. The van der Waals surface area contributed by atoms with Gasteiger partial charge in [0.2, 0.25) is 0 Å². The fourth-order valence-electron chi connectivity index (χ4n) is 9.24. The van der Waals surface area contributed by atoms with Crippen molar-refractivity contribution in [3.63, 3.8) is 0 Å². The lowest BCUT2D eigenvalue weighted by molar-refractivity contribution is 1.20. The van der Waals surface area contributed by atoms with Crippen LogP contribution in [0.4, 0.5) is 0 Å². The summed E-state index contributed by atoms with van der Waals surface area (Å²) in [6.45, 7) is 0. The van der Waals surface area contributed by atoms with Gasteiger partial charge >= 0.3 is 0 Å². The molecule has 2 aromatic heterocycles. The number of nitrogens with zero attached hydrogens (tertiary/aromatic N) is 3. The summed E-state index contributed by atoms with van der Waals surface area (Å²) in [4.78, 5) is 10.9. The molecule has 3 heteroatoms. The maximum atomic E-state index is 5.47. The Labute approximate surface area is 341 Å². The molecule has 0 aliphatic carbocycles. The van der Waals surface area contributed by atoms with Crippen molar-refractivity contribution in [3.05, 3.63) is 212 Å². The molecule has 0 aliphatic rings. The summed E-state index contributed by atoms with van der Waals surface area (Å²) < 4.78 is 2.47. The summed E-state index contributed by atoms with van der Waals surface area (Å²) in [5, 5.41) is 9.81. The van der Waals surface area contributed by atoms with E-state index < -0.39 is 0 Å². The first-order chi connectivity index (χ1) is 29.3. The Balaban J connectivity index is 1.14. The van der Waals surface area contributed by atoms with Crippen molar-refractivity contribution in [1.82, 2.24) is 14.5 Å². The van der Waals surface area contributed by atoms with Crippen molar-refractivity contribution >= 4 is 65.2 Å². The number of para-hydroxylation sites is 2. The number of benzene rings is 10. The van der Waals surface area contributed by atoms with E-state index in [0.29, 0.717) is 0 Å². The Morgan fingerprint density at radius 3 is 1.34 bits per heavy atom. The van der Waals surface area contributed by atoms with Crippen molar-refractivity contribution in [2.24, 2.45) is 0 Å². The molecular weight excluding hydrogens is 715 g/mol. The van der Waals surface area contributed by atoms with E-state index in [0.717, 1.165) is 72.3 Å². The van der Waals surface area contributed by atoms with Crippen molar-refractivity contribution < 1.29 is 0 Å². The smallest absolute Gasteiger partial charge is 0.0979 e. The molecule has 3 nitrogen and oxygen atoms in total. The molecule has 0 aliphatic heterocycles. The molecule has 0 atom stereocenters. The van der Waals surface area contributed by atoms with Crippen LogP contribution in [0.15, 0.2) is 212 Å². The van der Waals surface area contributed by atoms with Gasteiger partial charge in [-0.25, -0.2) is 9.97 Å². The molecule has 0 fully saturated rings. The zero-order chi connectivity index (χ0) is 38.9. The van der Waals surface area contributed by atoms with Crippen LogP contribution in [0.2, 0.25) is 0 Å². The molecule has 0 amide bonds. The van der Waals surface area contributed by atoms with E-state index in [1.165, 1.54) is 43.4 Å². The highest BCUT2D eigenvalue weighted by Gasteiger charge is 2.22. The van der Waals surface area contributed by atoms with Crippen LogP contribution in [0, 0.1) is 0 Å². The van der Waals surface area contributed by atoms with E-state index >= 15 is 0 Å². The van der Waals surface area contributed by atoms with E-state index in [-0.39, 0.29) is 0 Å². The number of hydrogen-bond donors (Lipinski definition) is 0. The van der Waals surface area contributed by atoms with E-state index in [4.69, 9.17) is 9.97 Å². The maximum absolute atomic E-state index is 5.47. The van der Waals surface area contributed by atoms with E-state index in [1.54, 1.807) is 0 Å². The summed E-state index contributed by atoms with van der Waals surface area (Å²) in [6, 6.07) is 76.2.